The zero-order valence-corrected chi connectivity index (χ0v) is 25.9. The summed E-state index contributed by atoms with van der Waals surface area (Å²) in [7, 11) is 3.45. The van der Waals surface area contributed by atoms with Gasteiger partial charge in [0.2, 0.25) is 11.9 Å². The van der Waals surface area contributed by atoms with Crippen molar-refractivity contribution in [2.24, 2.45) is 5.73 Å². The van der Waals surface area contributed by atoms with Gasteiger partial charge in [-0.2, -0.15) is 0 Å². The maximum absolute atomic E-state index is 13.9. The number of benzene rings is 2. The number of halogens is 2. The average molecular weight is 605 g/mol. The molecule has 0 unspecified atom stereocenters. The molecule has 0 bridgehead atoms. The lowest BCUT2D eigenvalue weighted by Crippen LogP contribution is -2.27. The number of carbonyl (C=O) groups is 2. The molecule has 2 aromatic carbocycles. The fourth-order valence-corrected chi connectivity index (χ4v) is 4.22. The first-order valence-corrected chi connectivity index (χ1v) is 14.3. The van der Waals surface area contributed by atoms with Gasteiger partial charge in [-0.15, -0.1) is 0 Å². The third-order valence-electron chi connectivity index (χ3n) is 6.67. The number of nitrogens with two attached hydrogens (primary N) is 1. The monoisotopic (exact) mass is 604 g/mol. The number of nitrogens with zero attached hydrogens (tertiary/aromatic N) is 7. The van der Waals surface area contributed by atoms with Gasteiger partial charge in [0, 0.05) is 51.4 Å². The van der Waals surface area contributed by atoms with Crippen LogP contribution in [0.4, 0.5) is 20.7 Å². The minimum absolute atomic E-state index is 0.0432. The predicted molar refractivity (Wildman–Crippen MR) is 169 cm³/mol. The van der Waals surface area contributed by atoms with E-state index in [0.717, 1.165) is 42.5 Å². The molecule has 0 aliphatic heterocycles. The molecular formula is C32H38F2N8O2. The van der Waals surface area contributed by atoms with Crippen LogP contribution in [0, 0.1) is 11.6 Å². The number of aromatic nitrogens is 4. The van der Waals surface area contributed by atoms with Crippen molar-refractivity contribution in [1.29, 1.82) is 0 Å². The summed E-state index contributed by atoms with van der Waals surface area (Å²) < 4.78 is 27.3. The maximum atomic E-state index is 13.9. The van der Waals surface area contributed by atoms with Crippen LogP contribution >= 0.6 is 0 Å². The van der Waals surface area contributed by atoms with Crippen molar-refractivity contribution >= 4 is 23.7 Å². The highest BCUT2D eigenvalue weighted by Gasteiger charge is 2.18. The number of carbonyl (C=O) groups excluding carboxylic acids is 2. The first-order chi connectivity index (χ1) is 21.0. The van der Waals surface area contributed by atoms with E-state index < -0.39 is 17.5 Å². The molecule has 4 aromatic rings. The van der Waals surface area contributed by atoms with Gasteiger partial charge in [-0.25, -0.2) is 28.7 Å². The van der Waals surface area contributed by atoms with Crippen molar-refractivity contribution in [2.45, 2.75) is 27.7 Å². The Morgan fingerprint density at radius 1 is 0.705 bits per heavy atom. The molecule has 0 aliphatic rings. The van der Waals surface area contributed by atoms with E-state index in [4.69, 9.17) is 5.73 Å². The molecule has 0 saturated carbocycles. The molecule has 0 aliphatic carbocycles. The van der Waals surface area contributed by atoms with Gasteiger partial charge in [0.05, 0.1) is 11.4 Å². The standard InChI is InChI=1S/C17H22N4O.C15H16F2N4O/c1-5-21(6-2)17-18-14(13-10-8-7-9-11-13)12-15(19-17)16(22)20(3)4;1-3-21(4-2)15-19-12(8-13(20-15)14(18)22)10-7-9(16)5-6-11(10)17/h7-12H,5-6H2,1-4H3;5-8H,3-4H2,1-2H3,(H2,18,22). The van der Waals surface area contributed by atoms with Crippen LogP contribution in [-0.2, 0) is 0 Å². The zero-order chi connectivity index (χ0) is 32.4. The molecule has 10 nitrogen and oxygen atoms in total. The van der Waals surface area contributed by atoms with Crippen molar-refractivity contribution in [1.82, 2.24) is 24.8 Å². The van der Waals surface area contributed by atoms with Crippen molar-refractivity contribution in [3.63, 3.8) is 0 Å². The van der Waals surface area contributed by atoms with E-state index in [2.05, 4.69) is 33.8 Å². The quantitative estimate of drug-likeness (QED) is 0.267. The molecule has 0 spiro atoms. The Morgan fingerprint density at radius 3 is 1.75 bits per heavy atom. The molecule has 2 amide bonds. The third kappa shape index (κ3) is 8.30. The maximum Gasteiger partial charge on any atom is 0.272 e. The van der Waals surface area contributed by atoms with Gasteiger partial charge < -0.3 is 20.4 Å². The Labute approximate surface area is 256 Å². The fraction of sp³-hybridized carbons (Fsp3) is 0.312. The third-order valence-corrected chi connectivity index (χ3v) is 6.67. The normalized spacial score (nSPS) is 10.5. The van der Waals surface area contributed by atoms with Crippen molar-refractivity contribution in [3.8, 4) is 22.5 Å². The van der Waals surface area contributed by atoms with Crippen molar-refractivity contribution < 1.29 is 18.4 Å². The van der Waals surface area contributed by atoms with Gasteiger partial charge in [-0.05, 0) is 58.0 Å². The van der Waals surface area contributed by atoms with Crippen LogP contribution < -0.4 is 15.5 Å². The molecule has 232 valence electrons. The lowest BCUT2D eigenvalue weighted by Gasteiger charge is -2.20. The Bertz CT molecular complexity index is 1580. The van der Waals surface area contributed by atoms with E-state index in [1.165, 1.54) is 11.0 Å². The Hall–Kier alpha value is -5.00. The summed E-state index contributed by atoms with van der Waals surface area (Å²) in [5.41, 5.74) is 7.45. The van der Waals surface area contributed by atoms with Crippen LogP contribution in [0.5, 0.6) is 0 Å². The highest BCUT2D eigenvalue weighted by molar-refractivity contribution is 5.93. The summed E-state index contributed by atoms with van der Waals surface area (Å²) in [5.74, 6) is -1.26. The molecular weight excluding hydrogens is 566 g/mol. The number of anilines is 2. The van der Waals surface area contributed by atoms with Gasteiger partial charge in [0.15, 0.2) is 0 Å². The van der Waals surface area contributed by atoms with Gasteiger partial charge in [0.1, 0.15) is 23.0 Å². The van der Waals surface area contributed by atoms with Gasteiger partial charge >= 0.3 is 0 Å². The number of amides is 2. The zero-order valence-electron chi connectivity index (χ0n) is 25.9. The summed E-state index contributed by atoms with van der Waals surface area (Å²) in [6, 6.07) is 15.9. The molecule has 44 heavy (non-hydrogen) atoms. The van der Waals surface area contributed by atoms with Crippen LogP contribution in [0.25, 0.3) is 22.5 Å². The largest absolute Gasteiger partial charge is 0.364 e. The van der Waals surface area contributed by atoms with Crippen LogP contribution in [-0.4, -0.2) is 76.9 Å². The van der Waals surface area contributed by atoms with E-state index in [1.54, 1.807) is 25.1 Å². The van der Waals surface area contributed by atoms with Crippen LogP contribution in [0.1, 0.15) is 48.7 Å². The molecule has 0 fully saturated rings. The summed E-state index contributed by atoms with van der Waals surface area (Å²) in [4.78, 5) is 46.5. The van der Waals surface area contributed by atoms with Gasteiger partial charge in [0.25, 0.3) is 11.8 Å². The topological polar surface area (TPSA) is 121 Å². The highest BCUT2D eigenvalue weighted by atomic mass is 19.1. The van der Waals surface area contributed by atoms with Crippen LogP contribution in [0.2, 0.25) is 0 Å². The van der Waals surface area contributed by atoms with Crippen molar-refractivity contribution in [2.75, 3.05) is 50.1 Å². The van der Waals surface area contributed by atoms with Crippen LogP contribution in [0.15, 0.2) is 60.7 Å². The lowest BCUT2D eigenvalue weighted by molar-refractivity contribution is 0.0821. The molecule has 0 saturated heterocycles. The van der Waals surface area contributed by atoms with E-state index >= 15 is 0 Å². The van der Waals surface area contributed by atoms with E-state index in [-0.39, 0.29) is 28.8 Å². The smallest absolute Gasteiger partial charge is 0.272 e. The lowest BCUT2D eigenvalue weighted by atomic mass is 10.1. The number of rotatable bonds is 10. The average Bonchev–Trinajstić information content (AvgIpc) is 3.03. The van der Waals surface area contributed by atoms with Crippen molar-refractivity contribution in [3.05, 3.63) is 83.7 Å². The number of hydrogen-bond donors (Lipinski definition) is 1. The van der Waals surface area contributed by atoms with E-state index in [9.17, 15) is 18.4 Å². The number of primary amides is 1. The van der Waals surface area contributed by atoms with Gasteiger partial charge in [-0.1, -0.05) is 30.3 Å². The first-order valence-electron chi connectivity index (χ1n) is 14.3. The second kappa shape index (κ2) is 15.5. The highest BCUT2D eigenvalue weighted by Crippen LogP contribution is 2.25. The summed E-state index contributed by atoms with van der Waals surface area (Å²) in [6.45, 7) is 10.7. The Balaban J connectivity index is 0.000000240. The SMILES string of the molecule is CCN(CC)c1nc(C(=O)N(C)C)cc(-c2ccccc2)n1.CCN(CC)c1nc(C(N)=O)cc(-c2cc(F)ccc2F)n1. The molecule has 12 heteroatoms. The molecule has 2 aromatic heterocycles. The predicted octanol–water partition coefficient (Wildman–Crippen LogP) is 5.06. The van der Waals surface area contributed by atoms with E-state index in [1.807, 2.05) is 49.1 Å². The van der Waals surface area contributed by atoms with Crippen LogP contribution in [0.3, 0.4) is 0 Å². The minimum atomic E-state index is -0.756. The molecule has 0 atom stereocenters. The second-order valence-corrected chi connectivity index (χ2v) is 9.78. The Morgan fingerprint density at radius 2 is 1.23 bits per heavy atom. The second-order valence-electron chi connectivity index (χ2n) is 9.78. The molecule has 0 radical (unpaired) electrons. The fourth-order valence-electron chi connectivity index (χ4n) is 4.22. The molecule has 2 heterocycles. The summed E-state index contributed by atoms with van der Waals surface area (Å²) >= 11 is 0. The first kappa shape index (κ1) is 33.5. The number of hydrogen-bond acceptors (Lipinski definition) is 8. The molecule has 4 rings (SSSR count). The molecule has 2 N–H and O–H groups in total. The summed E-state index contributed by atoms with van der Waals surface area (Å²) in [5, 5.41) is 0. The van der Waals surface area contributed by atoms with E-state index in [0.29, 0.717) is 24.7 Å². The summed E-state index contributed by atoms with van der Waals surface area (Å²) in [6.07, 6.45) is 0. The Kier molecular flexibility index (Phi) is 11.8. The minimum Gasteiger partial charge on any atom is -0.364 e. The van der Waals surface area contributed by atoms with Gasteiger partial charge in [-0.3, -0.25) is 9.59 Å².